The van der Waals surface area contributed by atoms with Gasteiger partial charge in [0.15, 0.2) is 0 Å². The fourth-order valence-electron chi connectivity index (χ4n) is 3.16. The van der Waals surface area contributed by atoms with E-state index in [2.05, 4.69) is 15.9 Å². The third-order valence-corrected chi connectivity index (χ3v) is 5.64. The third kappa shape index (κ3) is 3.88. The quantitative estimate of drug-likeness (QED) is 0.399. The molecule has 6 heteroatoms. The highest BCUT2D eigenvalue weighted by molar-refractivity contribution is 9.10. The van der Waals surface area contributed by atoms with E-state index in [4.69, 9.17) is 28.3 Å². The summed E-state index contributed by atoms with van der Waals surface area (Å²) in [6.07, 6.45) is 0.715. The van der Waals surface area contributed by atoms with Crippen LogP contribution in [0.4, 0.5) is 10.1 Å². The molecule has 0 unspecified atom stereocenters. The first-order valence-corrected chi connectivity index (χ1v) is 9.89. The Morgan fingerprint density at radius 1 is 0.926 bits per heavy atom. The van der Waals surface area contributed by atoms with Gasteiger partial charge < -0.3 is 0 Å². The molecular formula is C21H14BrCl2FN2. The van der Waals surface area contributed by atoms with Crippen molar-refractivity contribution in [2.24, 2.45) is 5.10 Å². The molecule has 0 amide bonds. The van der Waals surface area contributed by atoms with Gasteiger partial charge in [0.05, 0.1) is 17.4 Å². The number of hydrogen-bond acceptors (Lipinski definition) is 2. The van der Waals surface area contributed by atoms with Gasteiger partial charge in [-0.3, -0.25) is 5.01 Å². The molecule has 0 saturated heterocycles. The van der Waals surface area contributed by atoms with E-state index in [9.17, 15) is 4.39 Å². The highest BCUT2D eigenvalue weighted by Gasteiger charge is 2.31. The summed E-state index contributed by atoms with van der Waals surface area (Å²) in [5.74, 6) is -0.297. The SMILES string of the molecule is Fc1ccc(N2N=C(c3ccc(Cl)cc3)C[C@@H]2c2ccc(Cl)cc2)c(Br)c1. The van der Waals surface area contributed by atoms with Crippen molar-refractivity contribution in [2.45, 2.75) is 12.5 Å². The van der Waals surface area contributed by atoms with Crippen molar-refractivity contribution in [2.75, 3.05) is 5.01 Å². The monoisotopic (exact) mass is 462 g/mol. The van der Waals surface area contributed by atoms with Gasteiger partial charge in [-0.25, -0.2) is 4.39 Å². The number of hydrogen-bond donors (Lipinski definition) is 0. The summed E-state index contributed by atoms with van der Waals surface area (Å²) >= 11 is 15.5. The second kappa shape index (κ2) is 7.63. The summed E-state index contributed by atoms with van der Waals surface area (Å²) in [6.45, 7) is 0. The Labute approximate surface area is 175 Å². The number of halogens is 4. The van der Waals surface area contributed by atoms with Crippen molar-refractivity contribution in [3.05, 3.63) is 98.2 Å². The minimum Gasteiger partial charge on any atom is -0.256 e. The Morgan fingerprint density at radius 3 is 2.19 bits per heavy atom. The third-order valence-electron chi connectivity index (χ3n) is 4.50. The summed E-state index contributed by atoms with van der Waals surface area (Å²) in [5.41, 5.74) is 3.85. The molecule has 4 rings (SSSR count). The summed E-state index contributed by atoms with van der Waals surface area (Å²) in [4.78, 5) is 0. The van der Waals surface area contributed by atoms with Crippen molar-refractivity contribution in [3.8, 4) is 0 Å². The van der Waals surface area contributed by atoms with Crippen LogP contribution >= 0.6 is 39.1 Å². The average Bonchev–Trinajstić information content (AvgIpc) is 3.08. The van der Waals surface area contributed by atoms with Gasteiger partial charge in [-0.1, -0.05) is 47.5 Å². The van der Waals surface area contributed by atoms with Crippen molar-refractivity contribution in [3.63, 3.8) is 0 Å². The fraction of sp³-hybridized carbons (Fsp3) is 0.0952. The number of benzene rings is 3. The summed E-state index contributed by atoms with van der Waals surface area (Å²) in [5, 5.41) is 8.15. The van der Waals surface area contributed by atoms with Gasteiger partial charge in [-0.05, 0) is 69.5 Å². The summed E-state index contributed by atoms with van der Waals surface area (Å²) < 4.78 is 14.2. The molecule has 136 valence electrons. The van der Waals surface area contributed by atoms with Gasteiger partial charge in [-0.2, -0.15) is 5.10 Å². The molecule has 0 radical (unpaired) electrons. The van der Waals surface area contributed by atoms with Crippen molar-refractivity contribution < 1.29 is 4.39 Å². The largest absolute Gasteiger partial charge is 0.256 e. The molecule has 27 heavy (non-hydrogen) atoms. The second-order valence-electron chi connectivity index (χ2n) is 6.27. The molecule has 0 spiro atoms. The maximum absolute atomic E-state index is 13.6. The molecule has 0 bridgehead atoms. The Bertz CT molecular complexity index is 1000. The molecule has 3 aromatic carbocycles. The second-order valence-corrected chi connectivity index (χ2v) is 7.99. The van der Waals surface area contributed by atoms with E-state index in [1.165, 1.54) is 12.1 Å². The summed E-state index contributed by atoms with van der Waals surface area (Å²) in [6, 6.07) is 20.0. The Morgan fingerprint density at radius 2 is 1.56 bits per heavy atom. The first kappa shape index (κ1) is 18.5. The summed E-state index contributed by atoms with van der Waals surface area (Å²) in [7, 11) is 0. The molecule has 1 aliphatic rings. The van der Waals surface area contributed by atoms with E-state index >= 15 is 0 Å². The molecule has 3 aromatic rings. The smallest absolute Gasteiger partial charge is 0.124 e. The van der Waals surface area contributed by atoms with Crippen molar-refractivity contribution in [1.29, 1.82) is 0 Å². The topological polar surface area (TPSA) is 15.6 Å². The number of anilines is 1. The zero-order valence-corrected chi connectivity index (χ0v) is 17.1. The standard InChI is InChI=1S/C21H14BrCl2FN2/c22-18-11-17(25)9-10-20(18)27-21(14-3-7-16(24)8-4-14)12-19(26-27)13-1-5-15(23)6-2-13/h1-11,21H,12H2/t21-/m1/s1. The van der Waals surface area contributed by atoms with Crippen LogP contribution in [0, 0.1) is 5.82 Å². The van der Waals surface area contributed by atoms with Crippen LogP contribution in [0.1, 0.15) is 23.6 Å². The Hall–Kier alpha value is -1.88. The highest BCUT2D eigenvalue weighted by atomic mass is 79.9. The van der Waals surface area contributed by atoms with E-state index in [0.717, 1.165) is 22.5 Å². The molecule has 1 aliphatic heterocycles. The lowest BCUT2D eigenvalue weighted by Gasteiger charge is -2.25. The lowest BCUT2D eigenvalue weighted by molar-refractivity contribution is 0.625. The Kier molecular flexibility index (Phi) is 5.22. The molecule has 1 atom stereocenters. The van der Waals surface area contributed by atoms with Gasteiger partial charge in [0.25, 0.3) is 0 Å². The van der Waals surface area contributed by atoms with E-state index in [1.54, 1.807) is 6.07 Å². The maximum atomic E-state index is 13.6. The zero-order valence-electron chi connectivity index (χ0n) is 14.0. The van der Waals surface area contributed by atoms with E-state index in [0.29, 0.717) is 20.9 Å². The van der Waals surface area contributed by atoms with Crippen LogP contribution in [0.25, 0.3) is 0 Å². The van der Waals surface area contributed by atoms with E-state index in [1.807, 2.05) is 53.5 Å². The zero-order chi connectivity index (χ0) is 19.0. The minimum absolute atomic E-state index is 0.0188. The number of hydrazone groups is 1. The predicted octanol–water partition coefficient (Wildman–Crippen LogP) is 7.25. The van der Waals surface area contributed by atoms with Crippen LogP contribution in [0.2, 0.25) is 10.0 Å². The fourth-order valence-corrected chi connectivity index (χ4v) is 3.95. The van der Waals surface area contributed by atoms with Gasteiger partial charge in [0.1, 0.15) is 5.82 Å². The van der Waals surface area contributed by atoms with E-state index in [-0.39, 0.29) is 11.9 Å². The first-order chi connectivity index (χ1) is 13.0. The van der Waals surface area contributed by atoms with Crippen molar-refractivity contribution >= 4 is 50.5 Å². The van der Waals surface area contributed by atoms with Crippen LogP contribution in [0.15, 0.2) is 76.3 Å². The minimum atomic E-state index is -0.297. The van der Waals surface area contributed by atoms with Gasteiger partial charge in [0, 0.05) is 20.9 Å². The molecule has 0 aliphatic carbocycles. The van der Waals surface area contributed by atoms with Crippen LogP contribution < -0.4 is 5.01 Å². The highest BCUT2D eigenvalue weighted by Crippen LogP contribution is 2.40. The Balaban J connectivity index is 1.78. The number of rotatable bonds is 3. The predicted molar refractivity (Wildman–Crippen MR) is 113 cm³/mol. The molecule has 0 fully saturated rings. The lowest BCUT2D eigenvalue weighted by atomic mass is 9.98. The van der Waals surface area contributed by atoms with Gasteiger partial charge in [-0.15, -0.1) is 0 Å². The molecule has 1 heterocycles. The van der Waals surface area contributed by atoms with Crippen LogP contribution in [-0.2, 0) is 0 Å². The molecular weight excluding hydrogens is 450 g/mol. The molecule has 0 aromatic heterocycles. The molecule has 0 saturated carbocycles. The van der Waals surface area contributed by atoms with Crippen LogP contribution in [-0.4, -0.2) is 5.71 Å². The molecule has 0 N–H and O–H groups in total. The molecule has 2 nitrogen and oxygen atoms in total. The van der Waals surface area contributed by atoms with Crippen LogP contribution in [0.3, 0.4) is 0 Å². The number of nitrogens with zero attached hydrogens (tertiary/aromatic N) is 2. The maximum Gasteiger partial charge on any atom is 0.124 e. The van der Waals surface area contributed by atoms with Gasteiger partial charge in [0.2, 0.25) is 0 Å². The van der Waals surface area contributed by atoms with Gasteiger partial charge >= 0.3 is 0 Å². The normalized spacial score (nSPS) is 16.5. The van der Waals surface area contributed by atoms with Crippen LogP contribution in [0.5, 0.6) is 0 Å². The lowest BCUT2D eigenvalue weighted by Crippen LogP contribution is -2.19. The average molecular weight is 464 g/mol. The first-order valence-electron chi connectivity index (χ1n) is 8.34. The van der Waals surface area contributed by atoms with Crippen molar-refractivity contribution in [1.82, 2.24) is 0 Å². The van der Waals surface area contributed by atoms with E-state index < -0.39 is 0 Å².